The van der Waals surface area contributed by atoms with Crippen molar-refractivity contribution < 1.29 is 33.2 Å². The van der Waals surface area contributed by atoms with E-state index in [1.165, 1.54) is 11.0 Å². The van der Waals surface area contributed by atoms with Crippen LogP contribution in [0.4, 0.5) is 13.6 Å². The number of ether oxygens (including phenoxy) is 1. The minimum atomic E-state index is -2.81. The lowest BCUT2D eigenvalue weighted by molar-refractivity contribution is -0.131. The normalized spacial score (nSPS) is 20.2. The number of likely N-dealkylation sites (tertiary alicyclic amines) is 2. The lowest BCUT2D eigenvalue weighted by Crippen LogP contribution is -2.50. The molecule has 2 aliphatic heterocycles. The van der Waals surface area contributed by atoms with Gasteiger partial charge in [-0.1, -0.05) is 42.5 Å². The van der Waals surface area contributed by atoms with Crippen LogP contribution in [0.3, 0.4) is 0 Å². The number of nitrogens with one attached hydrogen (secondary N) is 1. The molecule has 0 radical (unpaired) electrons. The second kappa shape index (κ2) is 13.2. The molecule has 3 N–H and O–H groups in total. The largest absolute Gasteiger partial charge is 0.475 e. The van der Waals surface area contributed by atoms with E-state index in [9.17, 15) is 33.7 Å². The molecule has 2 fully saturated rings. The number of hydrogen-bond donors (Lipinski definition) is 3. The molecule has 2 aromatic carbocycles. The van der Waals surface area contributed by atoms with Crippen molar-refractivity contribution in [3.05, 3.63) is 59.7 Å². The van der Waals surface area contributed by atoms with Crippen LogP contribution in [0.25, 0.3) is 10.8 Å². The summed E-state index contributed by atoms with van der Waals surface area (Å²) in [5, 5.41) is 34.2. The number of benzene rings is 2. The van der Waals surface area contributed by atoms with Crippen LogP contribution in [0.2, 0.25) is 0 Å². The second-order valence-electron chi connectivity index (χ2n) is 11.6. The lowest BCUT2D eigenvalue weighted by Gasteiger charge is -2.36. The number of halogens is 2. The van der Waals surface area contributed by atoms with E-state index in [1.807, 2.05) is 48.5 Å². The molecule has 224 valence electrons. The van der Waals surface area contributed by atoms with Crippen molar-refractivity contribution in [2.75, 3.05) is 26.2 Å². The molecule has 0 aromatic heterocycles. The molecule has 12 heteroatoms. The lowest BCUT2D eigenvalue weighted by atomic mass is 9.75. The number of alkyl carbamates (subject to hydrolysis) is 1. The van der Waals surface area contributed by atoms with Gasteiger partial charge < -0.3 is 25.0 Å². The van der Waals surface area contributed by atoms with Crippen LogP contribution in [0, 0.1) is 11.3 Å². The molecular formula is C30H37BF2N4O5. The molecule has 2 saturated heterocycles. The van der Waals surface area contributed by atoms with Gasteiger partial charge in [0.25, 0.3) is 11.8 Å². The molecule has 0 saturated carbocycles. The first kappa shape index (κ1) is 31.4. The van der Waals surface area contributed by atoms with Gasteiger partial charge in [-0.25, -0.2) is 13.6 Å². The number of carbonyl (C=O) groups excluding carboxylic acids is 2. The number of amides is 2. The zero-order chi connectivity index (χ0) is 30.5. The zero-order valence-electron chi connectivity index (χ0n) is 23.9. The highest BCUT2D eigenvalue weighted by Crippen LogP contribution is 2.33. The smallest absolute Gasteiger partial charge is 0.447 e. The molecule has 4 rings (SSSR count). The maximum atomic E-state index is 13.8. The van der Waals surface area contributed by atoms with E-state index < -0.39 is 49.1 Å². The third kappa shape index (κ3) is 7.65. The van der Waals surface area contributed by atoms with Crippen LogP contribution < -0.4 is 5.32 Å². The van der Waals surface area contributed by atoms with Gasteiger partial charge in [-0.3, -0.25) is 9.69 Å². The van der Waals surface area contributed by atoms with E-state index in [4.69, 9.17) is 4.74 Å². The Morgan fingerprint density at radius 1 is 1.21 bits per heavy atom. The number of piperidine rings is 1. The molecule has 2 amide bonds. The van der Waals surface area contributed by atoms with Crippen LogP contribution in [0.15, 0.2) is 54.1 Å². The van der Waals surface area contributed by atoms with Crippen molar-refractivity contribution in [3.63, 3.8) is 0 Å². The molecular weight excluding hydrogens is 545 g/mol. The fourth-order valence-corrected chi connectivity index (χ4v) is 5.71. The Labute approximate surface area is 244 Å². The topological polar surface area (TPSA) is 126 Å². The van der Waals surface area contributed by atoms with Gasteiger partial charge in [-0.05, 0) is 61.9 Å². The Bertz CT molecular complexity index is 1360. The molecule has 2 aromatic rings. The molecule has 0 spiro atoms. The minimum absolute atomic E-state index is 0.148. The van der Waals surface area contributed by atoms with Gasteiger partial charge in [0, 0.05) is 25.0 Å². The first-order valence-corrected chi connectivity index (χ1v) is 14.2. The number of carbonyl (C=O) groups is 2. The van der Waals surface area contributed by atoms with E-state index in [1.54, 1.807) is 18.7 Å². The number of fused-ring (bicyclic) bond motifs is 1. The molecule has 42 heavy (non-hydrogen) atoms. The molecule has 2 aliphatic rings. The number of nitriles is 1. The second-order valence-corrected chi connectivity index (χ2v) is 11.6. The average Bonchev–Trinajstić information content (AvgIpc) is 3.34. The van der Waals surface area contributed by atoms with E-state index in [2.05, 4.69) is 5.32 Å². The highest BCUT2D eigenvalue weighted by molar-refractivity contribution is 6.43. The summed E-state index contributed by atoms with van der Waals surface area (Å²) in [7, 11) is -1.84. The van der Waals surface area contributed by atoms with Gasteiger partial charge in [0.2, 0.25) is 0 Å². The van der Waals surface area contributed by atoms with Gasteiger partial charge in [0.15, 0.2) is 0 Å². The first-order chi connectivity index (χ1) is 19.9. The average molecular weight is 582 g/mol. The van der Waals surface area contributed by atoms with Crippen LogP contribution in [0.1, 0.15) is 45.1 Å². The monoisotopic (exact) mass is 582 g/mol. The van der Waals surface area contributed by atoms with Crippen molar-refractivity contribution in [2.45, 2.75) is 69.4 Å². The molecule has 2 heterocycles. The molecule has 9 nitrogen and oxygen atoms in total. The Balaban J connectivity index is 1.39. The zero-order valence-corrected chi connectivity index (χ0v) is 23.9. The van der Waals surface area contributed by atoms with Crippen molar-refractivity contribution in [1.29, 1.82) is 5.26 Å². The van der Waals surface area contributed by atoms with E-state index in [0.717, 1.165) is 22.8 Å². The van der Waals surface area contributed by atoms with Crippen LogP contribution >= 0.6 is 0 Å². The highest BCUT2D eigenvalue weighted by Gasteiger charge is 2.43. The SMILES string of the molecule is CC(C)(C=C(C#N)C(=O)N1CCCC[C@@H]1COC(=O)N[C@@H](Cc1cccc2ccccc12)B(O)O)N1CCC(F)(F)C1. The summed E-state index contributed by atoms with van der Waals surface area (Å²) in [6.07, 6.45) is 2.49. The summed E-state index contributed by atoms with van der Waals surface area (Å²) >= 11 is 0. The molecule has 2 atom stereocenters. The van der Waals surface area contributed by atoms with E-state index in [-0.39, 0.29) is 31.6 Å². The quantitative estimate of drug-likeness (QED) is 0.235. The maximum Gasteiger partial charge on any atom is 0.475 e. The van der Waals surface area contributed by atoms with Crippen LogP contribution in [0.5, 0.6) is 0 Å². The predicted octanol–water partition coefficient (Wildman–Crippen LogP) is 3.44. The summed E-state index contributed by atoms with van der Waals surface area (Å²) in [6, 6.07) is 14.8. The van der Waals surface area contributed by atoms with Gasteiger partial charge in [0.1, 0.15) is 18.2 Å². The van der Waals surface area contributed by atoms with Crippen molar-refractivity contribution >= 4 is 29.9 Å². The number of rotatable bonds is 9. The van der Waals surface area contributed by atoms with Gasteiger partial charge in [0.05, 0.1) is 18.5 Å². The summed E-state index contributed by atoms with van der Waals surface area (Å²) in [5.74, 6) is -4.39. The molecule has 0 unspecified atom stereocenters. The van der Waals surface area contributed by atoms with Crippen LogP contribution in [-0.4, -0.2) is 88.7 Å². The number of hydrogen-bond acceptors (Lipinski definition) is 7. The Morgan fingerprint density at radius 2 is 1.95 bits per heavy atom. The molecule has 0 aliphatic carbocycles. The van der Waals surface area contributed by atoms with Crippen LogP contribution in [-0.2, 0) is 16.0 Å². The third-order valence-electron chi connectivity index (χ3n) is 8.11. The predicted molar refractivity (Wildman–Crippen MR) is 154 cm³/mol. The maximum absolute atomic E-state index is 13.8. The van der Waals surface area contributed by atoms with Gasteiger partial charge in [-0.2, -0.15) is 5.26 Å². The number of alkyl halides is 2. The Hall–Kier alpha value is -3.53. The highest BCUT2D eigenvalue weighted by atomic mass is 19.3. The van der Waals surface area contributed by atoms with Gasteiger partial charge in [-0.15, -0.1) is 0 Å². The standard InChI is InChI=1S/C30H37BF2N4O5/c1-29(2,36-15-13-30(32,33)20-36)17-23(18-34)27(38)37-14-6-5-11-24(37)19-42-28(39)35-26(31(40)41)16-22-10-7-9-21-8-3-4-12-25(21)22/h3-4,7-10,12,17,24,26,40-41H,5-6,11,13-16,19-20H2,1-2H3,(H,35,39)/t24-,26+/m1/s1. The third-order valence-corrected chi connectivity index (χ3v) is 8.11. The van der Waals surface area contributed by atoms with Crippen molar-refractivity contribution in [3.8, 4) is 6.07 Å². The minimum Gasteiger partial charge on any atom is -0.447 e. The van der Waals surface area contributed by atoms with Crippen molar-refractivity contribution in [1.82, 2.24) is 15.1 Å². The Kier molecular flexibility index (Phi) is 9.87. The summed E-state index contributed by atoms with van der Waals surface area (Å²) in [5.41, 5.74) is -0.260. The summed E-state index contributed by atoms with van der Waals surface area (Å²) < 4.78 is 33.1. The van der Waals surface area contributed by atoms with Gasteiger partial charge >= 0.3 is 13.2 Å². The first-order valence-electron chi connectivity index (χ1n) is 14.2. The molecule has 0 bridgehead atoms. The fraction of sp³-hybridized carbons (Fsp3) is 0.500. The van der Waals surface area contributed by atoms with Crippen molar-refractivity contribution in [2.24, 2.45) is 0 Å². The Morgan fingerprint density at radius 3 is 2.64 bits per heavy atom. The summed E-state index contributed by atoms with van der Waals surface area (Å²) in [6.45, 7) is 3.32. The summed E-state index contributed by atoms with van der Waals surface area (Å²) in [4.78, 5) is 29.2. The van der Waals surface area contributed by atoms with E-state index in [0.29, 0.717) is 19.4 Å². The number of nitrogens with zero attached hydrogens (tertiary/aromatic N) is 3. The fourth-order valence-electron chi connectivity index (χ4n) is 5.71. The van der Waals surface area contributed by atoms with E-state index >= 15 is 0 Å².